The van der Waals surface area contributed by atoms with Crippen LogP contribution in [0, 0.1) is 0 Å². The second-order valence-electron chi connectivity index (χ2n) is 4.34. The van der Waals surface area contributed by atoms with Crippen LogP contribution in [0.4, 0.5) is 0 Å². The number of hydrogen-bond donors (Lipinski definition) is 0. The molecular weight excluding hydrogens is 212 g/mol. The second kappa shape index (κ2) is 3.20. The standard InChI is InChI=1S/C15H11O2/c1-2-4-13-10(3-1)9-11-5-6-14-12(7-8-16-14)15(11)17-13/h1-6,9H,7-8H2/q+1. The van der Waals surface area contributed by atoms with Crippen molar-refractivity contribution in [2.45, 2.75) is 6.42 Å². The maximum atomic E-state index is 6.01. The van der Waals surface area contributed by atoms with Gasteiger partial charge in [-0.25, -0.2) is 4.42 Å². The highest BCUT2D eigenvalue weighted by Gasteiger charge is 2.24. The zero-order chi connectivity index (χ0) is 11.2. The predicted molar refractivity (Wildman–Crippen MR) is 67.3 cm³/mol. The van der Waals surface area contributed by atoms with Gasteiger partial charge in [-0.15, -0.1) is 0 Å². The van der Waals surface area contributed by atoms with Crippen LogP contribution in [0.15, 0.2) is 46.9 Å². The average Bonchev–Trinajstić information content (AvgIpc) is 2.85. The Hall–Kier alpha value is -2.09. The first-order valence-corrected chi connectivity index (χ1v) is 5.82. The second-order valence-corrected chi connectivity index (χ2v) is 4.34. The zero-order valence-electron chi connectivity index (χ0n) is 9.27. The number of benzene rings is 2. The van der Waals surface area contributed by atoms with Crippen molar-refractivity contribution < 1.29 is 9.15 Å². The number of rotatable bonds is 0. The summed E-state index contributed by atoms with van der Waals surface area (Å²) in [5, 5.41) is 2.28. The zero-order valence-corrected chi connectivity index (χ0v) is 9.27. The Balaban J connectivity index is 2.17. The lowest BCUT2D eigenvalue weighted by atomic mass is 10.1. The summed E-state index contributed by atoms with van der Waals surface area (Å²) in [6.45, 7) is 0.761. The van der Waals surface area contributed by atoms with Gasteiger partial charge in [-0.3, -0.25) is 0 Å². The fourth-order valence-corrected chi connectivity index (χ4v) is 2.47. The van der Waals surface area contributed by atoms with Gasteiger partial charge in [-0.1, -0.05) is 12.1 Å². The molecule has 4 rings (SSSR count). The molecule has 0 atom stereocenters. The van der Waals surface area contributed by atoms with Crippen LogP contribution < -0.4 is 4.74 Å². The average molecular weight is 223 g/mol. The highest BCUT2D eigenvalue weighted by atomic mass is 16.5. The fraction of sp³-hybridized carbons (Fsp3) is 0.133. The Bertz CT molecular complexity index is 731. The first-order valence-electron chi connectivity index (χ1n) is 5.82. The van der Waals surface area contributed by atoms with E-state index >= 15 is 0 Å². The molecule has 2 nitrogen and oxygen atoms in total. The lowest BCUT2D eigenvalue weighted by molar-refractivity contribution is 0.357. The van der Waals surface area contributed by atoms with E-state index in [1.165, 1.54) is 5.56 Å². The van der Waals surface area contributed by atoms with Gasteiger partial charge in [-0.2, -0.15) is 0 Å². The van der Waals surface area contributed by atoms with Gasteiger partial charge in [0, 0.05) is 12.5 Å². The van der Waals surface area contributed by atoms with E-state index in [4.69, 9.17) is 9.15 Å². The molecule has 0 bridgehead atoms. The summed E-state index contributed by atoms with van der Waals surface area (Å²) in [6.07, 6.45) is 0.939. The van der Waals surface area contributed by atoms with Gasteiger partial charge in [0.15, 0.2) is 0 Å². The number of para-hydroxylation sites is 1. The normalized spacial score (nSPS) is 13.9. The van der Waals surface area contributed by atoms with Crippen molar-refractivity contribution in [1.29, 1.82) is 0 Å². The van der Waals surface area contributed by atoms with Crippen molar-refractivity contribution >= 4 is 21.9 Å². The molecule has 3 aromatic rings. The van der Waals surface area contributed by atoms with Crippen LogP contribution in [0.3, 0.4) is 0 Å². The molecule has 2 heterocycles. The van der Waals surface area contributed by atoms with Crippen molar-refractivity contribution in [3.8, 4) is 5.75 Å². The van der Waals surface area contributed by atoms with Gasteiger partial charge < -0.3 is 4.74 Å². The Morgan fingerprint density at radius 3 is 2.94 bits per heavy atom. The Morgan fingerprint density at radius 2 is 1.94 bits per heavy atom. The van der Waals surface area contributed by atoms with Crippen LogP contribution in [-0.2, 0) is 6.42 Å². The van der Waals surface area contributed by atoms with Crippen LogP contribution in [0.25, 0.3) is 21.9 Å². The Labute approximate surface area is 98.4 Å². The number of ether oxygens (including phenoxy) is 1. The molecule has 0 fully saturated rings. The van der Waals surface area contributed by atoms with E-state index in [1.807, 2.05) is 24.3 Å². The molecule has 82 valence electrons. The summed E-state index contributed by atoms with van der Waals surface area (Å²) >= 11 is 0. The van der Waals surface area contributed by atoms with Crippen LogP contribution in [-0.4, -0.2) is 6.61 Å². The molecule has 0 N–H and O–H groups in total. The van der Waals surface area contributed by atoms with Crippen molar-refractivity contribution in [3.05, 3.63) is 48.0 Å². The molecule has 0 saturated carbocycles. The molecule has 17 heavy (non-hydrogen) atoms. The smallest absolute Gasteiger partial charge is 0.367 e. The molecular formula is C15H11O2+. The Morgan fingerprint density at radius 1 is 1.00 bits per heavy atom. The van der Waals surface area contributed by atoms with E-state index in [9.17, 15) is 0 Å². The molecule has 2 heteroatoms. The van der Waals surface area contributed by atoms with Gasteiger partial charge in [0.1, 0.15) is 11.3 Å². The minimum absolute atomic E-state index is 0.761. The minimum Gasteiger partial charge on any atom is -0.493 e. The Kier molecular flexibility index (Phi) is 1.69. The number of hydrogen-bond acceptors (Lipinski definition) is 1. The van der Waals surface area contributed by atoms with Crippen molar-refractivity contribution in [2.75, 3.05) is 6.61 Å². The molecule has 1 aromatic heterocycles. The third kappa shape index (κ3) is 1.24. The van der Waals surface area contributed by atoms with E-state index in [-0.39, 0.29) is 0 Å². The quantitative estimate of drug-likeness (QED) is 0.427. The lowest BCUT2D eigenvalue weighted by Gasteiger charge is -1.97. The van der Waals surface area contributed by atoms with Crippen LogP contribution >= 0.6 is 0 Å². The summed E-state index contributed by atoms with van der Waals surface area (Å²) < 4.78 is 11.6. The molecule has 0 aliphatic carbocycles. The minimum atomic E-state index is 0.761. The van der Waals surface area contributed by atoms with Crippen LogP contribution in [0.5, 0.6) is 5.75 Å². The van der Waals surface area contributed by atoms with Crippen LogP contribution in [0.2, 0.25) is 0 Å². The molecule has 1 aliphatic rings. The van der Waals surface area contributed by atoms with Gasteiger partial charge >= 0.3 is 11.2 Å². The molecule has 0 amide bonds. The molecule has 1 aliphatic heterocycles. The molecule has 0 unspecified atom stereocenters. The van der Waals surface area contributed by atoms with Gasteiger partial charge in [-0.05, 0) is 24.3 Å². The molecule has 0 spiro atoms. The van der Waals surface area contributed by atoms with Crippen LogP contribution in [0.1, 0.15) is 5.56 Å². The fourth-order valence-electron chi connectivity index (χ4n) is 2.47. The maximum absolute atomic E-state index is 6.01. The monoisotopic (exact) mass is 223 g/mol. The summed E-state index contributed by atoms with van der Waals surface area (Å²) in [5.41, 5.74) is 3.10. The summed E-state index contributed by atoms with van der Waals surface area (Å²) in [5.74, 6) is 0.969. The summed E-state index contributed by atoms with van der Waals surface area (Å²) in [7, 11) is 0. The maximum Gasteiger partial charge on any atom is 0.367 e. The largest absolute Gasteiger partial charge is 0.493 e. The van der Waals surface area contributed by atoms with Crippen molar-refractivity contribution in [2.24, 2.45) is 0 Å². The van der Waals surface area contributed by atoms with Gasteiger partial charge in [0.05, 0.1) is 17.4 Å². The first kappa shape index (κ1) is 8.99. The van der Waals surface area contributed by atoms with Crippen molar-refractivity contribution in [1.82, 2.24) is 0 Å². The van der Waals surface area contributed by atoms with E-state index < -0.39 is 0 Å². The number of fused-ring (bicyclic) bond motifs is 4. The third-order valence-electron chi connectivity index (χ3n) is 3.30. The highest BCUT2D eigenvalue weighted by molar-refractivity contribution is 5.92. The van der Waals surface area contributed by atoms with Crippen molar-refractivity contribution in [3.63, 3.8) is 0 Å². The first-order chi connectivity index (χ1) is 8.42. The molecule has 0 radical (unpaired) electrons. The SMILES string of the molecule is c1ccc2[o+]c3c4c(ccc3cc2c1)OCC4. The third-order valence-corrected chi connectivity index (χ3v) is 3.30. The van der Waals surface area contributed by atoms with E-state index in [0.29, 0.717) is 0 Å². The van der Waals surface area contributed by atoms with E-state index in [2.05, 4.69) is 18.2 Å². The van der Waals surface area contributed by atoms with E-state index in [0.717, 1.165) is 40.7 Å². The van der Waals surface area contributed by atoms with E-state index in [1.54, 1.807) is 0 Å². The highest BCUT2D eigenvalue weighted by Crippen LogP contribution is 2.34. The predicted octanol–water partition coefficient (Wildman–Crippen LogP) is 3.80. The molecule has 0 saturated heterocycles. The summed E-state index contributed by atoms with van der Waals surface area (Å²) in [6, 6.07) is 14.4. The van der Waals surface area contributed by atoms with Gasteiger partial charge in [0.2, 0.25) is 0 Å². The molecule has 2 aromatic carbocycles. The summed E-state index contributed by atoms with van der Waals surface area (Å²) in [4.78, 5) is 0. The topological polar surface area (TPSA) is 20.5 Å². The lowest BCUT2D eigenvalue weighted by Crippen LogP contribution is -1.85. The van der Waals surface area contributed by atoms with Gasteiger partial charge in [0.25, 0.3) is 0 Å².